The molecule has 4 aromatic rings. The lowest BCUT2D eigenvalue weighted by atomic mass is 10.00. The minimum atomic E-state index is -0.236. The van der Waals surface area contributed by atoms with E-state index in [0.29, 0.717) is 25.3 Å². The fourth-order valence-electron chi connectivity index (χ4n) is 5.79. The minimum Gasteiger partial charge on any atom is -0.350 e. The highest BCUT2D eigenvalue weighted by atomic mass is 35.5. The van der Waals surface area contributed by atoms with Gasteiger partial charge in [0.05, 0.1) is 5.52 Å². The van der Waals surface area contributed by atoms with Gasteiger partial charge in [0, 0.05) is 56.9 Å². The topological polar surface area (TPSA) is 44.6 Å². The number of rotatable bonds is 4. The van der Waals surface area contributed by atoms with Gasteiger partial charge in [-0.25, -0.2) is 9.37 Å². The lowest BCUT2D eigenvalue weighted by Crippen LogP contribution is -2.47. The van der Waals surface area contributed by atoms with Gasteiger partial charge in [0.1, 0.15) is 11.5 Å². The number of piperazine rings is 1. The van der Waals surface area contributed by atoms with Crippen LogP contribution in [0.15, 0.2) is 54.6 Å². The molecule has 0 spiro atoms. The van der Waals surface area contributed by atoms with Crippen LogP contribution in [-0.4, -0.2) is 65.0 Å². The van der Waals surface area contributed by atoms with Crippen molar-refractivity contribution >= 4 is 35.0 Å². The predicted octanol–water partition coefficient (Wildman–Crippen LogP) is 5.21. The largest absolute Gasteiger partial charge is 0.350 e. The van der Waals surface area contributed by atoms with Crippen LogP contribution in [0.5, 0.6) is 0 Å². The van der Waals surface area contributed by atoms with Gasteiger partial charge in [-0.2, -0.15) is 0 Å². The number of anilines is 1. The number of aromatic nitrogens is 2. The summed E-state index contributed by atoms with van der Waals surface area (Å²) in [6, 6.07) is 17.3. The molecule has 0 atom stereocenters. The van der Waals surface area contributed by atoms with E-state index in [-0.39, 0.29) is 24.1 Å². The number of fused-ring (bicyclic) bond motifs is 2. The molecule has 0 radical (unpaired) electrons. The summed E-state index contributed by atoms with van der Waals surface area (Å²) in [5, 5.41) is 1.06. The summed E-state index contributed by atoms with van der Waals surface area (Å²) >= 11 is 0. The van der Waals surface area contributed by atoms with E-state index in [1.54, 1.807) is 0 Å². The van der Waals surface area contributed by atoms with Crippen molar-refractivity contribution in [1.29, 1.82) is 0 Å². The van der Waals surface area contributed by atoms with Crippen molar-refractivity contribution in [1.82, 2.24) is 19.4 Å². The lowest BCUT2D eigenvalue weighted by Gasteiger charge is -2.33. The molecule has 1 amide bonds. The predicted molar refractivity (Wildman–Crippen MR) is 157 cm³/mol. The van der Waals surface area contributed by atoms with Crippen molar-refractivity contribution in [2.24, 2.45) is 0 Å². The van der Waals surface area contributed by atoms with Gasteiger partial charge in [-0.15, -0.1) is 12.4 Å². The second kappa shape index (κ2) is 11.0. The molecule has 8 heteroatoms. The first-order valence-electron chi connectivity index (χ1n) is 13.4. The number of carbonyl (C=O) groups excluding carboxylic acids is 1. The zero-order valence-corrected chi connectivity index (χ0v) is 23.6. The summed E-state index contributed by atoms with van der Waals surface area (Å²) < 4.78 is 15.9. The summed E-state index contributed by atoms with van der Waals surface area (Å²) in [5.74, 6) is 0.621. The van der Waals surface area contributed by atoms with Crippen molar-refractivity contribution < 1.29 is 9.18 Å². The highest BCUT2D eigenvalue weighted by Crippen LogP contribution is 2.35. The monoisotopic (exact) mass is 547 g/mol. The number of carbonyl (C=O) groups is 1. The first-order chi connectivity index (χ1) is 18.4. The number of amides is 1. The van der Waals surface area contributed by atoms with Crippen LogP contribution in [-0.2, 0) is 19.5 Å². The van der Waals surface area contributed by atoms with Crippen molar-refractivity contribution in [3.8, 4) is 0 Å². The van der Waals surface area contributed by atoms with Crippen molar-refractivity contribution in [3.05, 3.63) is 94.1 Å². The molecule has 2 aliphatic rings. The minimum absolute atomic E-state index is 0. The van der Waals surface area contributed by atoms with Crippen LogP contribution in [0.2, 0.25) is 0 Å². The summed E-state index contributed by atoms with van der Waals surface area (Å²) in [5.41, 5.74) is 7.54. The SMILES string of the molecule is Cc1c(C)n(Cc2ccc(F)cc2)c2c(N3CCc4ccccc4C3)nc(C(=O)N3CCN(C)CC3)cc12.Cl. The normalized spacial score (nSPS) is 15.8. The first kappa shape index (κ1) is 27.2. The zero-order chi connectivity index (χ0) is 26.4. The Bertz CT molecular complexity index is 1510. The number of benzene rings is 2. The standard InChI is InChI=1S/C31H34FN5O.ClH/c1-21-22(2)37(19-23-8-10-26(32)11-9-23)29-27(21)18-28(31(38)35-16-14-34(3)15-17-35)33-30(29)36-13-12-24-6-4-5-7-25(24)20-36;/h4-11,18H,12-17,19-20H2,1-3H3;1H. The molecule has 0 bridgehead atoms. The maximum atomic E-state index is 13.7. The number of nitrogens with zero attached hydrogens (tertiary/aromatic N) is 5. The summed E-state index contributed by atoms with van der Waals surface area (Å²) in [7, 11) is 2.09. The fourth-order valence-corrected chi connectivity index (χ4v) is 5.79. The van der Waals surface area contributed by atoms with E-state index in [1.165, 1.54) is 23.3 Å². The molecule has 0 N–H and O–H groups in total. The Morgan fingerprint density at radius 1 is 0.949 bits per heavy atom. The molecule has 39 heavy (non-hydrogen) atoms. The molecule has 4 heterocycles. The molecule has 204 valence electrons. The van der Waals surface area contributed by atoms with Crippen LogP contribution in [0, 0.1) is 19.7 Å². The molecule has 0 aliphatic carbocycles. The molecular formula is C31H35ClFN5O. The number of likely N-dealkylation sites (N-methyl/N-ethyl adjacent to an activating group) is 1. The van der Waals surface area contributed by atoms with Crippen LogP contribution >= 0.6 is 12.4 Å². The summed E-state index contributed by atoms with van der Waals surface area (Å²) in [6.45, 7) is 9.62. The molecule has 1 fully saturated rings. The highest BCUT2D eigenvalue weighted by Gasteiger charge is 2.28. The van der Waals surface area contributed by atoms with E-state index in [4.69, 9.17) is 4.98 Å². The number of halogens is 2. The van der Waals surface area contributed by atoms with Crippen molar-refractivity contribution in [2.75, 3.05) is 44.7 Å². The maximum absolute atomic E-state index is 13.7. The first-order valence-corrected chi connectivity index (χ1v) is 13.4. The molecule has 2 aromatic heterocycles. The van der Waals surface area contributed by atoms with Gasteiger partial charge in [-0.05, 0) is 67.8 Å². The molecular weight excluding hydrogens is 513 g/mol. The van der Waals surface area contributed by atoms with E-state index in [2.05, 4.69) is 59.5 Å². The van der Waals surface area contributed by atoms with E-state index in [0.717, 1.165) is 66.1 Å². The average molecular weight is 548 g/mol. The average Bonchev–Trinajstić information content (AvgIpc) is 3.18. The molecule has 0 saturated carbocycles. The Morgan fingerprint density at radius 2 is 1.64 bits per heavy atom. The van der Waals surface area contributed by atoms with Gasteiger partial charge >= 0.3 is 0 Å². The van der Waals surface area contributed by atoms with Gasteiger partial charge in [0.25, 0.3) is 5.91 Å². The van der Waals surface area contributed by atoms with E-state index < -0.39 is 0 Å². The van der Waals surface area contributed by atoms with E-state index >= 15 is 0 Å². The zero-order valence-electron chi connectivity index (χ0n) is 22.8. The Kier molecular flexibility index (Phi) is 7.65. The molecule has 6 rings (SSSR count). The number of hydrogen-bond donors (Lipinski definition) is 0. The lowest BCUT2D eigenvalue weighted by molar-refractivity contribution is 0.0658. The van der Waals surface area contributed by atoms with Gasteiger partial charge in [-0.3, -0.25) is 4.79 Å². The third-order valence-corrected chi connectivity index (χ3v) is 8.29. The third-order valence-electron chi connectivity index (χ3n) is 8.29. The smallest absolute Gasteiger partial charge is 0.272 e. The Balaban J connectivity index is 0.00000308. The highest BCUT2D eigenvalue weighted by molar-refractivity contribution is 6.01. The van der Waals surface area contributed by atoms with E-state index in [9.17, 15) is 9.18 Å². The van der Waals surface area contributed by atoms with Gasteiger partial charge < -0.3 is 19.3 Å². The van der Waals surface area contributed by atoms with Gasteiger partial charge in [0.2, 0.25) is 0 Å². The second-order valence-electron chi connectivity index (χ2n) is 10.7. The molecule has 2 aromatic carbocycles. The summed E-state index contributed by atoms with van der Waals surface area (Å²) in [6.07, 6.45) is 0.937. The Hall–Kier alpha value is -3.42. The number of pyridine rings is 1. The molecule has 2 aliphatic heterocycles. The number of aryl methyl sites for hydroxylation is 1. The second-order valence-corrected chi connectivity index (χ2v) is 10.7. The van der Waals surface area contributed by atoms with Gasteiger partial charge in [-0.1, -0.05) is 36.4 Å². The van der Waals surface area contributed by atoms with Crippen LogP contribution in [0.3, 0.4) is 0 Å². The molecule has 0 unspecified atom stereocenters. The van der Waals surface area contributed by atoms with Crippen LogP contribution in [0.25, 0.3) is 10.9 Å². The van der Waals surface area contributed by atoms with E-state index in [1.807, 2.05) is 23.1 Å². The maximum Gasteiger partial charge on any atom is 0.272 e. The number of hydrogen-bond acceptors (Lipinski definition) is 4. The summed E-state index contributed by atoms with van der Waals surface area (Å²) in [4.78, 5) is 25.3. The van der Waals surface area contributed by atoms with Crippen LogP contribution < -0.4 is 4.90 Å². The van der Waals surface area contributed by atoms with Crippen molar-refractivity contribution in [2.45, 2.75) is 33.4 Å². The Morgan fingerprint density at radius 3 is 2.36 bits per heavy atom. The van der Waals surface area contributed by atoms with Crippen molar-refractivity contribution in [3.63, 3.8) is 0 Å². The quantitative estimate of drug-likeness (QED) is 0.352. The third kappa shape index (κ3) is 5.13. The molecule has 6 nitrogen and oxygen atoms in total. The molecule has 1 saturated heterocycles. The van der Waals surface area contributed by atoms with Gasteiger partial charge in [0.15, 0.2) is 5.82 Å². The van der Waals surface area contributed by atoms with Crippen LogP contribution in [0.4, 0.5) is 10.2 Å². The van der Waals surface area contributed by atoms with Crippen LogP contribution in [0.1, 0.15) is 38.4 Å². The fraction of sp³-hybridized carbons (Fsp3) is 0.355. The Labute approximate surface area is 235 Å².